The molecule has 1 atom stereocenters. The quantitative estimate of drug-likeness (QED) is 0.319. The highest BCUT2D eigenvalue weighted by Crippen LogP contribution is 2.37. The number of anilines is 1. The number of fused-ring (bicyclic) bond motifs is 3. The molecule has 0 unspecified atom stereocenters. The molecule has 1 N–H and O–H groups in total. The van der Waals surface area contributed by atoms with Crippen LogP contribution in [0.1, 0.15) is 27.5 Å². The molecule has 5 nitrogen and oxygen atoms in total. The number of carbonyl (C=O) groups is 1. The molecule has 5 aromatic rings. The van der Waals surface area contributed by atoms with Gasteiger partial charge in [0.2, 0.25) is 5.91 Å². The molecule has 1 amide bonds. The van der Waals surface area contributed by atoms with Crippen molar-refractivity contribution in [2.45, 2.75) is 31.2 Å². The van der Waals surface area contributed by atoms with E-state index in [1.54, 1.807) is 0 Å². The molecular formula is C27H24N4OS. The van der Waals surface area contributed by atoms with Gasteiger partial charge in [-0.1, -0.05) is 72.4 Å². The number of aryl methyl sites for hydroxylation is 3. The summed E-state index contributed by atoms with van der Waals surface area (Å²) in [4.78, 5) is 13.6. The Morgan fingerprint density at radius 1 is 0.879 bits per heavy atom. The van der Waals surface area contributed by atoms with Crippen LogP contribution in [-0.4, -0.2) is 20.5 Å². The largest absolute Gasteiger partial charge is 0.325 e. The second kappa shape index (κ2) is 8.71. The van der Waals surface area contributed by atoms with Gasteiger partial charge in [0.05, 0.1) is 5.52 Å². The number of amides is 1. The fourth-order valence-corrected chi connectivity index (χ4v) is 5.08. The van der Waals surface area contributed by atoms with Gasteiger partial charge in [0.15, 0.2) is 10.8 Å². The van der Waals surface area contributed by atoms with E-state index in [0.717, 1.165) is 44.5 Å². The van der Waals surface area contributed by atoms with Crippen molar-refractivity contribution in [1.29, 1.82) is 0 Å². The monoisotopic (exact) mass is 452 g/mol. The molecule has 6 heteroatoms. The van der Waals surface area contributed by atoms with Gasteiger partial charge in [-0.3, -0.25) is 9.20 Å². The third-order valence-electron chi connectivity index (χ3n) is 5.79. The van der Waals surface area contributed by atoms with Crippen LogP contribution in [0.25, 0.3) is 16.6 Å². The van der Waals surface area contributed by atoms with Crippen molar-refractivity contribution in [2.24, 2.45) is 0 Å². The predicted octanol–water partition coefficient (Wildman–Crippen LogP) is 6.28. The van der Waals surface area contributed by atoms with Crippen molar-refractivity contribution in [3.63, 3.8) is 0 Å². The van der Waals surface area contributed by atoms with E-state index in [0.29, 0.717) is 5.16 Å². The Hall–Kier alpha value is -3.64. The average Bonchev–Trinajstić information content (AvgIpc) is 3.23. The van der Waals surface area contributed by atoms with Gasteiger partial charge in [-0.05, 0) is 61.2 Å². The van der Waals surface area contributed by atoms with E-state index in [9.17, 15) is 4.79 Å². The van der Waals surface area contributed by atoms with Crippen LogP contribution in [0, 0.1) is 20.8 Å². The minimum atomic E-state index is -0.487. The van der Waals surface area contributed by atoms with Crippen molar-refractivity contribution in [2.75, 3.05) is 5.32 Å². The minimum absolute atomic E-state index is 0.0898. The number of para-hydroxylation sites is 1. The molecule has 0 saturated heterocycles. The van der Waals surface area contributed by atoms with Crippen molar-refractivity contribution >= 4 is 39.9 Å². The first kappa shape index (κ1) is 21.2. The van der Waals surface area contributed by atoms with Crippen LogP contribution in [0.4, 0.5) is 5.69 Å². The Bertz CT molecular complexity index is 1480. The molecule has 0 aliphatic heterocycles. The third kappa shape index (κ3) is 4.10. The Morgan fingerprint density at radius 3 is 2.45 bits per heavy atom. The first-order chi connectivity index (χ1) is 16.0. The van der Waals surface area contributed by atoms with Gasteiger partial charge in [-0.25, -0.2) is 0 Å². The molecule has 3 aromatic carbocycles. The summed E-state index contributed by atoms with van der Waals surface area (Å²) in [6.45, 7) is 6.10. The Kier molecular flexibility index (Phi) is 5.60. The van der Waals surface area contributed by atoms with Gasteiger partial charge < -0.3 is 5.32 Å². The van der Waals surface area contributed by atoms with Crippen molar-refractivity contribution in [1.82, 2.24) is 14.6 Å². The summed E-state index contributed by atoms with van der Waals surface area (Å²) in [5.41, 5.74) is 6.82. The number of hydrogen-bond donors (Lipinski definition) is 1. The SMILES string of the molecule is Cc1ccc(C)c(NC(=O)[C@@H](Sc2nnc3cc(C)c4ccccc4n23)c2ccccc2)c1. The van der Waals surface area contributed by atoms with E-state index >= 15 is 0 Å². The lowest BCUT2D eigenvalue weighted by molar-refractivity contribution is -0.115. The number of nitrogens with zero attached hydrogens (tertiary/aromatic N) is 3. The number of benzene rings is 3. The molecule has 2 heterocycles. The van der Waals surface area contributed by atoms with Gasteiger partial charge in [0, 0.05) is 11.1 Å². The number of pyridine rings is 1. The predicted molar refractivity (Wildman–Crippen MR) is 135 cm³/mol. The van der Waals surface area contributed by atoms with Crippen LogP contribution in [-0.2, 0) is 4.79 Å². The van der Waals surface area contributed by atoms with E-state index in [1.807, 2.05) is 85.0 Å². The second-order valence-electron chi connectivity index (χ2n) is 8.24. The average molecular weight is 453 g/mol. The number of nitrogens with one attached hydrogen (secondary N) is 1. The lowest BCUT2D eigenvalue weighted by atomic mass is 10.1. The lowest BCUT2D eigenvalue weighted by Crippen LogP contribution is -2.20. The van der Waals surface area contributed by atoms with Gasteiger partial charge in [-0.15, -0.1) is 10.2 Å². The molecule has 164 valence electrons. The molecule has 0 saturated carbocycles. The normalized spacial score (nSPS) is 12.2. The molecule has 2 aromatic heterocycles. The van der Waals surface area contributed by atoms with Gasteiger partial charge >= 0.3 is 0 Å². The van der Waals surface area contributed by atoms with Crippen LogP contribution in [0.15, 0.2) is 84.0 Å². The Morgan fingerprint density at radius 2 is 1.64 bits per heavy atom. The summed E-state index contributed by atoms with van der Waals surface area (Å²) < 4.78 is 2.04. The molecule has 0 aliphatic carbocycles. The number of aromatic nitrogens is 3. The van der Waals surface area contributed by atoms with Crippen LogP contribution >= 0.6 is 11.8 Å². The second-order valence-corrected chi connectivity index (χ2v) is 9.31. The number of carbonyl (C=O) groups excluding carboxylic acids is 1. The van der Waals surface area contributed by atoms with Gasteiger partial charge in [0.1, 0.15) is 5.25 Å². The van der Waals surface area contributed by atoms with E-state index in [2.05, 4.69) is 34.6 Å². The summed E-state index contributed by atoms with van der Waals surface area (Å²) in [5, 5.41) is 13.4. The number of thioether (sulfide) groups is 1. The van der Waals surface area contributed by atoms with Gasteiger partial charge in [0.25, 0.3) is 0 Å². The molecule has 0 spiro atoms. The Balaban J connectivity index is 1.58. The zero-order valence-electron chi connectivity index (χ0n) is 18.7. The lowest BCUT2D eigenvalue weighted by Gasteiger charge is -2.18. The van der Waals surface area contributed by atoms with E-state index in [4.69, 9.17) is 0 Å². The van der Waals surface area contributed by atoms with E-state index in [1.165, 1.54) is 11.8 Å². The maximum Gasteiger partial charge on any atom is 0.242 e. The van der Waals surface area contributed by atoms with E-state index in [-0.39, 0.29) is 5.91 Å². The first-order valence-electron chi connectivity index (χ1n) is 10.8. The highest BCUT2D eigenvalue weighted by molar-refractivity contribution is 8.00. The fourth-order valence-electron chi connectivity index (χ4n) is 4.03. The summed E-state index contributed by atoms with van der Waals surface area (Å²) in [5.74, 6) is -0.0898. The van der Waals surface area contributed by atoms with Crippen LogP contribution in [0.2, 0.25) is 0 Å². The van der Waals surface area contributed by atoms with Crippen molar-refractivity contribution in [3.8, 4) is 0 Å². The highest BCUT2D eigenvalue weighted by atomic mass is 32.2. The van der Waals surface area contributed by atoms with Crippen LogP contribution in [0.5, 0.6) is 0 Å². The molecule has 0 fully saturated rings. The molecule has 33 heavy (non-hydrogen) atoms. The number of hydrogen-bond acceptors (Lipinski definition) is 4. The topological polar surface area (TPSA) is 59.3 Å². The summed E-state index contributed by atoms with van der Waals surface area (Å²) in [6, 6.07) is 26.1. The van der Waals surface area contributed by atoms with Crippen LogP contribution in [0.3, 0.4) is 0 Å². The molecular weight excluding hydrogens is 428 g/mol. The summed E-state index contributed by atoms with van der Waals surface area (Å²) in [6.07, 6.45) is 0. The summed E-state index contributed by atoms with van der Waals surface area (Å²) in [7, 11) is 0. The van der Waals surface area contributed by atoms with Crippen LogP contribution < -0.4 is 5.32 Å². The molecule has 0 bridgehead atoms. The Labute approximate surface area is 196 Å². The fraction of sp³-hybridized carbons (Fsp3) is 0.148. The molecule has 0 radical (unpaired) electrons. The van der Waals surface area contributed by atoms with Crippen molar-refractivity contribution < 1.29 is 4.79 Å². The number of rotatable bonds is 5. The third-order valence-corrected chi connectivity index (χ3v) is 6.99. The maximum atomic E-state index is 13.6. The minimum Gasteiger partial charge on any atom is -0.325 e. The standard InChI is InChI=1S/C27H24N4OS/c1-17-13-14-18(2)22(15-17)28-26(32)25(20-9-5-4-6-10-20)33-27-30-29-24-16-19(3)21-11-7-8-12-23(21)31(24)27/h4-16,25H,1-3H3,(H,28,32)/t25-/m0/s1. The maximum absolute atomic E-state index is 13.6. The molecule has 0 aliphatic rings. The highest BCUT2D eigenvalue weighted by Gasteiger charge is 2.25. The first-order valence-corrected chi connectivity index (χ1v) is 11.7. The zero-order valence-corrected chi connectivity index (χ0v) is 19.6. The zero-order chi connectivity index (χ0) is 22.9. The van der Waals surface area contributed by atoms with Crippen molar-refractivity contribution in [3.05, 3.63) is 101 Å². The smallest absolute Gasteiger partial charge is 0.242 e. The van der Waals surface area contributed by atoms with Gasteiger partial charge in [-0.2, -0.15) is 0 Å². The summed E-state index contributed by atoms with van der Waals surface area (Å²) >= 11 is 1.41. The van der Waals surface area contributed by atoms with E-state index < -0.39 is 5.25 Å². The molecule has 5 rings (SSSR count).